The third kappa shape index (κ3) is 5.49. The molecule has 1 aliphatic carbocycles. The predicted molar refractivity (Wildman–Crippen MR) is 92.2 cm³/mol. The van der Waals surface area contributed by atoms with Crippen LogP contribution in [0.3, 0.4) is 0 Å². The summed E-state index contributed by atoms with van der Waals surface area (Å²) >= 11 is 0. The highest BCUT2D eigenvalue weighted by Gasteiger charge is 2.31. The van der Waals surface area contributed by atoms with E-state index in [-0.39, 0.29) is 30.9 Å². The molecule has 0 aliphatic heterocycles. The molecule has 5 N–H and O–H groups in total. The van der Waals surface area contributed by atoms with Crippen molar-refractivity contribution in [1.29, 1.82) is 0 Å². The van der Waals surface area contributed by atoms with Gasteiger partial charge in [0.25, 0.3) is 0 Å². The molecule has 0 radical (unpaired) electrons. The smallest absolute Gasteiger partial charge is 0.469 e. The summed E-state index contributed by atoms with van der Waals surface area (Å²) in [7, 11) is -4.65. The number of aliphatic carboxylic acids is 1. The predicted octanol–water partition coefficient (Wildman–Crippen LogP) is 1.68. The number of hydrogen-bond donors (Lipinski definition) is 5. The Morgan fingerprint density at radius 2 is 2.12 bits per heavy atom. The van der Waals surface area contributed by atoms with Gasteiger partial charge in [-0.2, -0.15) is 0 Å². The van der Waals surface area contributed by atoms with Crippen molar-refractivity contribution in [2.45, 2.75) is 52.3 Å². The number of phosphoric ester groups is 1. The first kappa shape index (κ1) is 20.8. The lowest BCUT2D eigenvalue weighted by molar-refractivity contribution is -0.143. The van der Waals surface area contributed by atoms with E-state index in [1.165, 1.54) is 6.20 Å². The van der Waals surface area contributed by atoms with Gasteiger partial charge in [0.15, 0.2) is 0 Å². The van der Waals surface area contributed by atoms with Crippen LogP contribution in [0.15, 0.2) is 6.20 Å². The van der Waals surface area contributed by atoms with Crippen molar-refractivity contribution in [3.63, 3.8) is 0 Å². The van der Waals surface area contributed by atoms with Crippen molar-refractivity contribution < 1.29 is 33.9 Å². The molecule has 1 fully saturated rings. The zero-order chi connectivity index (χ0) is 19.5. The highest BCUT2D eigenvalue weighted by Crippen LogP contribution is 2.38. The number of nitrogens with zero attached hydrogens (tertiary/aromatic N) is 1. The van der Waals surface area contributed by atoms with Crippen LogP contribution in [0, 0.1) is 18.8 Å². The van der Waals surface area contributed by atoms with Crippen molar-refractivity contribution in [2.24, 2.45) is 11.8 Å². The number of aromatic hydroxyl groups is 1. The minimum Gasteiger partial charge on any atom is -0.506 e. The maximum atomic E-state index is 11.2. The lowest BCUT2D eigenvalue weighted by Gasteiger charge is -2.33. The number of aromatic nitrogens is 1. The van der Waals surface area contributed by atoms with Crippen molar-refractivity contribution in [1.82, 2.24) is 10.3 Å². The van der Waals surface area contributed by atoms with Gasteiger partial charge in [-0.25, -0.2) is 4.57 Å². The number of nitrogens with one attached hydrogen (secondary N) is 1. The van der Waals surface area contributed by atoms with Gasteiger partial charge in [-0.3, -0.25) is 14.3 Å². The Labute approximate surface area is 151 Å². The summed E-state index contributed by atoms with van der Waals surface area (Å²) in [6, 6.07) is -0.0340. The second kappa shape index (κ2) is 8.45. The van der Waals surface area contributed by atoms with E-state index in [2.05, 4.69) is 14.8 Å². The lowest BCUT2D eigenvalue weighted by Crippen LogP contribution is -2.41. The number of hydrogen-bond acceptors (Lipinski definition) is 6. The quantitative estimate of drug-likeness (QED) is 0.440. The van der Waals surface area contributed by atoms with E-state index in [0.717, 1.165) is 6.42 Å². The molecule has 26 heavy (non-hydrogen) atoms. The third-order valence-electron chi connectivity index (χ3n) is 4.90. The Morgan fingerprint density at radius 1 is 1.42 bits per heavy atom. The summed E-state index contributed by atoms with van der Waals surface area (Å²) in [6.45, 7) is 3.50. The van der Waals surface area contributed by atoms with E-state index in [1.54, 1.807) is 6.92 Å². The molecule has 1 saturated carbocycles. The van der Waals surface area contributed by atoms with Crippen LogP contribution >= 0.6 is 7.82 Å². The van der Waals surface area contributed by atoms with Crippen LogP contribution in [0.1, 0.15) is 43.0 Å². The van der Waals surface area contributed by atoms with E-state index in [1.807, 2.05) is 6.92 Å². The normalized spacial score (nSPS) is 23.8. The van der Waals surface area contributed by atoms with Crippen molar-refractivity contribution in [3.8, 4) is 5.75 Å². The molecular weight excluding hydrogens is 363 g/mol. The molecular formula is C16H25N2O7P. The van der Waals surface area contributed by atoms with Gasteiger partial charge in [-0.1, -0.05) is 6.92 Å². The molecule has 1 aromatic heterocycles. The van der Waals surface area contributed by atoms with Crippen LogP contribution < -0.4 is 5.32 Å². The largest absolute Gasteiger partial charge is 0.506 e. The Bertz CT molecular complexity index is 706. The highest BCUT2D eigenvalue weighted by molar-refractivity contribution is 7.46. The summed E-state index contributed by atoms with van der Waals surface area (Å²) in [6.07, 6.45) is 3.35. The average Bonchev–Trinajstić information content (AvgIpc) is 2.55. The minimum absolute atomic E-state index is 0.0340. The van der Waals surface area contributed by atoms with Gasteiger partial charge in [0.1, 0.15) is 5.75 Å². The Morgan fingerprint density at radius 3 is 2.73 bits per heavy atom. The molecule has 3 atom stereocenters. The van der Waals surface area contributed by atoms with Crippen LogP contribution in [0.2, 0.25) is 0 Å². The summed E-state index contributed by atoms with van der Waals surface area (Å²) < 4.78 is 15.5. The monoisotopic (exact) mass is 388 g/mol. The van der Waals surface area contributed by atoms with Gasteiger partial charge in [0.2, 0.25) is 0 Å². The van der Waals surface area contributed by atoms with E-state index in [0.29, 0.717) is 29.7 Å². The first-order valence-corrected chi connectivity index (χ1v) is 9.94. The maximum absolute atomic E-state index is 11.2. The number of carbonyl (C=O) groups is 1. The van der Waals surface area contributed by atoms with Crippen LogP contribution in [-0.4, -0.2) is 37.0 Å². The number of phosphoric acid groups is 1. The summed E-state index contributed by atoms with van der Waals surface area (Å²) in [4.78, 5) is 33.0. The van der Waals surface area contributed by atoms with E-state index >= 15 is 0 Å². The molecule has 9 nitrogen and oxygen atoms in total. The summed E-state index contributed by atoms with van der Waals surface area (Å²) in [5.41, 5.74) is 1.19. The van der Waals surface area contributed by atoms with E-state index < -0.39 is 19.7 Å². The lowest BCUT2D eigenvalue weighted by atomic mass is 9.79. The fourth-order valence-corrected chi connectivity index (χ4v) is 3.53. The SMILES string of the molecule is Cc1ncc(COP(=O)(O)O)c(CN[C@H]2C[C@H](C(=O)O)CC[C@H]2C)c1O. The second-order valence-electron chi connectivity index (χ2n) is 6.77. The summed E-state index contributed by atoms with van der Waals surface area (Å²) in [5, 5.41) is 22.8. The van der Waals surface area contributed by atoms with Crippen LogP contribution in [0.4, 0.5) is 0 Å². The molecule has 0 amide bonds. The molecule has 1 heterocycles. The molecule has 2 rings (SSSR count). The zero-order valence-corrected chi connectivity index (χ0v) is 15.6. The molecule has 0 spiro atoms. The van der Waals surface area contributed by atoms with Gasteiger partial charge in [-0.05, 0) is 32.1 Å². The first-order valence-electron chi connectivity index (χ1n) is 8.41. The highest BCUT2D eigenvalue weighted by atomic mass is 31.2. The molecule has 0 bridgehead atoms. The Balaban J connectivity index is 2.13. The van der Waals surface area contributed by atoms with Crippen molar-refractivity contribution in [3.05, 3.63) is 23.0 Å². The summed E-state index contributed by atoms with van der Waals surface area (Å²) in [5.74, 6) is -0.982. The average molecular weight is 388 g/mol. The number of aryl methyl sites for hydroxylation is 1. The third-order valence-corrected chi connectivity index (χ3v) is 5.37. The topological polar surface area (TPSA) is 149 Å². The minimum atomic E-state index is -4.65. The Hall–Kier alpha value is -1.51. The molecule has 1 aromatic rings. The van der Waals surface area contributed by atoms with Crippen molar-refractivity contribution in [2.75, 3.05) is 0 Å². The first-order chi connectivity index (χ1) is 12.1. The fourth-order valence-electron chi connectivity index (χ4n) is 3.22. The molecule has 0 aromatic carbocycles. The molecule has 0 saturated heterocycles. The van der Waals surface area contributed by atoms with E-state index in [9.17, 15) is 19.6 Å². The van der Waals surface area contributed by atoms with Gasteiger partial charge in [0.05, 0.1) is 18.2 Å². The van der Waals surface area contributed by atoms with Crippen LogP contribution in [0.25, 0.3) is 0 Å². The van der Waals surface area contributed by atoms with Crippen LogP contribution in [-0.2, 0) is 27.0 Å². The van der Waals surface area contributed by atoms with Gasteiger partial charge in [-0.15, -0.1) is 0 Å². The standard InChI is InChI=1S/C16H25N2O7P/c1-9-3-4-11(16(20)21)5-14(9)18-7-13-12(8-25-26(22,23)24)6-17-10(2)15(13)19/h6,9,11,14,18-19H,3-5,7-8H2,1-2H3,(H,20,21)(H2,22,23,24)/t9-,11-,14+/m1/s1. The van der Waals surface area contributed by atoms with Gasteiger partial charge in [0, 0.05) is 29.9 Å². The molecule has 10 heteroatoms. The zero-order valence-electron chi connectivity index (χ0n) is 14.8. The maximum Gasteiger partial charge on any atom is 0.469 e. The van der Waals surface area contributed by atoms with E-state index in [4.69, 9.17) is 9.79 Å². The molecule has 146 valence electrons. The molecule has 0 unspecified atom stereocenters. The van der Waals surface area contributed by atoms with Gasteiger partial charge < -0.3 is 25.3 Å². The number of pyridine rings is 1. The second-order valence-corrected chi connectivity index (χ2v) is 8.01. The Kier molecular flexibility index (Phi) is 6.76. The fraction of sp³-hybridized carbons (Fsp3) is 0.625. The van der Waals surface area contributed by atoms with Crippen LogP contribution in [0.5, 0.6) is 5.75 Å². The molecule has 1 aliphatic rings. The number of rotatable bonds is 7. The van der Waals surface area contributed by atoms with Gasteiger partial charge >= 0.3 is 13.8 Å². The van der Waals surface area contributed by atoms with Crippen molar-refractivity contribution >= 4 is 13.8 Å². The number of carboxylic acids is 1. The number of carboxylic acid groups (broad SMARTS) is 1.